The Balaban J connectivity index is 2.58. The van der Waals surface area contributed by atoms with Gasteiger partial charge in [0.05, 0.1) is 5.41 Å². The second kappa shape index (κ2) is 6.59. The van der Waals surface area contributed by atoms with Crippen LogP contribution >= 0.6 is 0 Å². The molecule has 0 aromatic rings. The molecule has 0 radical (unpaired) electrons. The van der Waals surface area contributed by atoms with Crippen LogP contribution in [0.2, 0.25) is 0 Å². The first-order valence-corrected chi connectivity index (χ1v) is 6.74. The normalized spacial score (nSPS) is 26.5. The molecule has 1 aliphatic carbocycles. The zero-order valence-electron chi connectivity index (χ0n) is 11.8. The van der Waals surface area contributed by atoms with Crippen LogP contribution in [0.4, 0.5) is 4.79 Å². The van der Waals surface area contributed by atoms with E-state index >= 15 is 0 Å². The van der Waals surface area contributed by atoms with Crippen molar-refractivity contribution in [3.63, 3.8) is 0 Å². The number of carboxylic acid groups (broad SMARTS) is 1. The Kier molecular flexibility index (Phi) is 5.39. The van der Waals surface area contributed by atoms with E-state index in [1.807, 2.05) is 0 Å². The van der Waals surface area contributed by atoms with Crippen molar-refractivity contribution in [3.8, 4) is 0 Å². The molecule has 2 N–H and O–H groups in total. The lowest BCUT2D eigenvalue weighted by Crippen LogP contribution is -2.48. The number of aliphatic carboxylic acids is 1. The monoisotopic (exact) mass is 268 g/mol. The highest BCUT2D eigenvalue weighted by Crippen LogP contribution is 2.38. The summed E-state index contributed by atoms with van der Waals surface area (Å²) in [5.74, 6) is -0.224. The molecule has 0 spiro atoms. The third-order valence-electron chi connectivity index (χ3n) is 4.01. The highest BCUT2D eigenvalue weighted by Gasteiger charge is 2.41. The van der Waals surface area contributed by atoms with Crippen molar-refractivity contribution in [3.05, 3.63) is 12.7 Å². The van der Waals surface area contributed by atoms with Crippen LogP contribution in [0.5, 0.6) is 0 Å². The summed E-state index contributed by atoms with van der Waals surface area (Å²) in [6.45, 7) is 6.36. The fourth-order valence-electron chi connectivity index (χ4n) is 2.44. The second-order valence-electron chi connectivity index (χ2n) is 5.60. The molecule has 19 heavy (non-hydrogen) atoms. The standard InChI is InChI=1S/C14H24N2O3/c1-4-9-16(3)13(19)15-10-14(12(17)18)7-5-11(2)6-8-14/h4,11H,1,5-10H2,2-3H3,(H,15,19)(H,17,18). The van der Waals surface area contributed by atoms with Gasteiger partial charge in [-0.3, -0.25) is 4.79 Å². The van der Waals surface area contributed by atoms with Crippen LogP contribution in [0.25, 0.3) is 0 Å². The smallest absolute Gasteiger partial charge is 0.317 e. The van der Waals surface area contributed by atoms with Gasteiger partial charge in [0, 0.05) is 20.1 Å². The van der Waals surface area contributed by atoms with Gasteiger partial charge in [0.1, 0.15) is 0 Å². The fourth-order valence-corrected chi connectivity index (χ4v) is 2.44. The SMILES string of the molecule is C=CCN(C)C(=O)NCC1(C(=O)O)CCC(C)CC1. The molecule has 0 bridgehead atoms. The number of likely N-dealkylation sites (N-methyl/N-ethyl adjacent to an activating group) is 1. The quantitative estimate of drug-likeness (QED) is 0.750. The molecule has 0 aliphatic heterocycles. The van der Waals surface area contributed by atoms with Gasteiger partial charge >= 0.3 is 12.0 Å². The summed E-state index contributed by atoms with van der Waals surface area (Å²) in [5, 5.41) is 12.2. The van der Waals surface area contributed by atoms with E-state index in [1.165, 1.54) is 4.90 Å². The fraction of sp³-hybridized carbons (Fsp3) is 0.714. The molecule has 1 aliphatic rings. The lowest BCUT2D eigenvalue weighted by molar-refractivity contribution is -0.151. The Morgan fingerprint density at radius 2 is 2.05 bits per heavy atom. The van der Waals surface area contributed by atoms with Crippen molar-refractivity contribution in [2.45, 2.75) is 32.6 Å². The minimum Gasteiger partial charge on any atom is -0.481 e. The van der Waals surface area contributed by atoms with Crippen LogP contribution < -0.4 is 5.32 Å². The van der Waals surface area contributed by atoms with Crippen LogP contribution in [0, 0.1) is 11.3 Å². The second-order valence-corrected chi connectivity index (χ2v) is 5.60. The molecule has 5 heteroatoms. The lowest BCUT2D eigenvalue weighted by atomic mass is 9.71. The average Bonchev–Trinajstić information content (AvgIpc) is 2.38. The molecular formula is C14H24N2O3. The van der Waals surface area contributed by atoms with Crippen molar-refractivity contribution in [1.29, 1.82) is 0 Å². The predicted octanol–water partition coefficient (Wildman–Crippen LogP) is 2.09. The Labute approximate surface area is 114 Å². The van der Waals surface area contributed by atoms with Crippen molar-refractivity contribution in [1.82, 2.24) is 10.2 Å². The Hall–Kier alpha value is -1.52. The van der Waals surface area contributed by atoms with Crippen molar-refractivity contribution >= 4 is 12.0 Å². The molecule has 1 saturated carbocycles. The minimum absolute atomic E-state index is 0.204. The van der Waals surface area contributed by atoms with Crippen LogP contribution in [-0.2, 0) is 4.79 Å². The minimum atomic E-state index is -0.800. The summed E-state index contributed by atoms with van der Waals surface area (Å²) >= 11 is 0. The van der Waals surface area contributed by atoms with E-state index < -0.39 is 11.4 Å². The van der Waals surface area contributed by atoms with Gasteiger partial charge in [-0.05, 0) is 31.6 Å². The van der Waals surface area contributed by atoms with Gasteiger partial charge < -0.3 is 15.3 Å². The Morgan fingerprint density at radius 1 is 1.47 bits per heavy atom. The number of nitrogens with zero attached hydrogens (tertiary/aromatic N) is 1. The van der Waals surface area contributed by atoms with Gasteiger partial charge in [0.2, 0.25) is 0 Å². The lowest BCUT2D eigenvalue weighted by Gasteiger charge is -2.36. The Morgan fingerprint density at radius 3 is 2.53 bits per heavy atom. The first-order chi connectivity index (χ1) is 8.91. The number of rotatable bonds is 5. The summed E-state index contributed by atoms with van der Waals surface area (Å²) in [5.41, 5.74) is -0.794. The zero-order valence-corrected chi connectivity index (χ0v) is 11.8. The van der Waals surface area contributed by atoms with E-state index in [9.17, 15) is 14.7 Å². The van der Waals surface area contributed by atoms with Gasteiger partial charge in [-0.15, -0.1) is 6.58 Å². The maximum absolute atomic E-state index is 11.8. The highest BCUT2D eigenvalue weighted by molar-refractivity contribution is 5.78. The zero-order chi connectivity index (χ0) is 14.5. The molecule has 0 aromatic carbocycles. The average molecular weight is 268 g/mol. The molecule has 0 unspecified atom stereocenters. The summed E-state index contributed by atoms with van der Waals surface area (Å²) in [6.07, 6.45) is 4.72. The number of amides is 2. The van der Waals surface area contributed by atoms with Crippen molar-refractivity contribution < 1.29 is 14.7 Å². The maximum atomic E-state index is 11.8. The van der Waals surface area contributed by atoms with E-state index in [0.29, 0.717) is 25.3 Å². The van der Waals surface area contributed by atoms with Crippen LogP contribution in [0.3, 0.4) is 0 Å². The van der Waals surface area contributed by atoms with E-state index in [1.54, 1.807) is 13.1 Å². The third kappa shape index (κ3) is 3.98. The third-order valence-corrected chi connectivity index (χ3v) is 4.01. The number of hydrogen-bond donors (Lipinski definition) is 2. The molecular weight excluding hydrogens is 244 g/mol. The van der Waals surface area contributed by atoms with Gasteiger partial charge in [-0.1, -0.05) is 13.0 Å². The predicted molar refractivity (Wildman–Crippen MR) is 73.9 cm³/mol. The number of carbonyl (C=O) groups is 2. The molecule has 0 atom stereocenters. The van der Waals surface area contributed by atoms with Gasteiger partial charge in [0.25, 0.3) is 0 Å². The largest absolute Gasteiger partial charge is 0.481 e. The van der Waals surface area contributed by atoms with Gasteiger partial charge in [0.15, 0.2) is 0 Å². The van der Waals surface area contributed by atoms with Gasteiger partial charge in [-0.2, -0.15) is 0 Å². The number of carboxylic acids is 1. The van der Waals surface area contributed by atoms with E-state index in [-0.39, 0.29) is 12.6 Å². The van der Waals surface area contributed by atoms with Crippen LogP contribution in [0.15, 0.2) is 12.7 Å². The van der Waals surface area contributed by atoms with Crippen molar-refractivity contribution in [2.24, 2.45) is 11.3 Å². The summed E-state index contributed by atoms with van der Waals surface area (Å²) in [7, 11) is 1.66. The molecule has 5 nitrogen and oxygen atoms in total. The van der Waals surface area contributed by atoms with Crippen molar-refractivity contribution in [2.75, 3.05) is 20.1 Å². The summed E-state index contributed by atoms with van der Waals surface area (Å²) in [4.78, 5) is 24.8. The number of hydrogen-bond acceptors (Lipinski definition) is 2. The number of carbonyl (C=O) groups excluding carboxylic acids is 1. The molecule has 0 heterocycles. The molecule has 0 aromatic heterocycles. The summed E-state index contributed by atoms with van der Waals surface area (Å²) in [6, 6.07) is -0.251. The van der Waals surface area contributed by atoms with Gasteiger partial charge in [-0.25, -0.2) is 4.79 Å². The topological polar surface area (TPSA) is 69.6 Å². The first-order valence-electron chi connectivity index (χ1n) is 6.74. The van der Waals surface area contributed by atoms with E-state index in [0.717, 1.165) is 12.8 Å². The molecule has 0 saturated heterocycles. The molecule has 1 rings (SSSR count). The van der Waals surface area contributed by atoms with Crippen LogP contribution in [-0.4, -0.2) is 42.1 Å². The molecule has 108 valence electrons. The molecule has 1 fully saturated rings. The first kappa shape index (κ1) is 15.5. The van der Waals surface area contributed by atoms with E-state index in [2.05, 4.69) is 18.8 Å². The number of urea groups is 1. The van der Waals surface area contributed by atoms with Crippen LogP contribution in [0.1, 0.15) is 32.6 Å². The highest BCUT2D eigenvalue weighted by atomic mass is 16.4. The Bertz CT molecular complexity index is 347. The number of nitrogens with one attached hydrogen (secondary N) is 1. The molecule has 2 amide bonds. The summed E-state index contributed by atoms with van der Waals surface area (Å²) < 4.78 is 0. The maximum Gasteiger partial charge on any atom is 0.317 e. The van der Waals surface area contributed by atoms with E-state index in [4.69, 9.17) is 0 Å².